The Labute approximate surface area is 213 Å². The van der Waals surface area contributed by atoms with Gasteiger partial charge in [0.15, 0.2) is 11.5 Å². The van der Waals surface area contributed by atoms with Gasteiger partial charge in [-0.15, -0.1) is 0 Å². The molecule has 2 aromatic rings. The van der Waals surface area contributed by atoms with Gasteiger partial charge in [0.1, 0.15) is 11.5 Å². The number of aliphatic hydroxyl groups is 1. The van der Waals surface area contributed by atoms with Gasteiger partial charge in [-0.3, -0.25) is 9.59 Å². The molecule has 0 spiro atoms. The number of carbonyl (C=O) groups is 2. The lowest BCUT2D eigenvalue weighted by Crippen LogP contribution is -2.35. The molecule has 1 saturated heterocycles. The number of ether oxygens (including phenoxy) is 3. The molecule has 1 amide bonds. The number of ketones is 1. The highest BCUT2D eigenvalue weighted by Crippen LogP contribution is 2.42. The number of amides is 1. The molecule has 0 radical (unpaired) electrons. The molecule has 36 heavy (non-hydrogen) atoms. The van der Waals surface area contributed by atoms with E-state index in [1.165, 1.54) is 4.90 Å². The summed E-state index contributed by atoms with van der Waals surface area (Å²) < 4.78 is 17.0. The maximum absolute atomic E-state index is 13.2. The Morgan fingerprint density at radius 2 is 1.78 bits per heavy atom. The van der Waals surface area contributed by atoms with Crippen LogP contribution >= 0.6 is 0 Å². The third kappa shape index (κ3) is 5.99. The quantitative estimate of drug-likeness (QED) is 0.283. The highest BCUT2D eigenvalue weighted by Gasteiger charge is 2.46. The fourth-order valence-electron chi connectivity index (χ4n) is 4.07. The van der Waals surface area contributed by atoms with Gasteiger partial charge in [-0.1, -0.05) is 13.0 Å². The van der Waals surface area contributed by atoms with Crippen LogP contribution in [-0.2, 0) is 9.59 Å². The van der Waals surface area contributed by atoms with E-state index in [0.29, 0.717) is 48.1 Å². The van der Waals surface area contributed by atoms with Crippen molar-refractivity contribution in [2.24, 2.45) is 0 Å². The maximum Gasteiger partial charge on any atom is 0.295 e. The number of hydrogen-bond donors (Lipinski definition) is 1. The molecule has 8 nitrogen and oxygen atoms in total. The van der Waals surface area contributed by atoms with Gasteiger partial charge in [0, 0.05) is 18.7 Å². The number of nitrogens with zero attached hydrogens (tertiary/aromatic N) is 2. The molecule has 1 heterocycles. The SMILES string of the molecule is CCCOc1ccc([C@H]2C(=C(O)c3ccc(OC(C)C)cc3)C(=O)C(=O)N2CCN(C)C)cc1OC. The highest BCUT2D eigenvalue weighted by atomic mass is 16.5. The monoisotopic (exact) mass is 496 g/mol. The van der Waals surface area contributed by atoms with Gasteiger partial charge in [0.25, 0.3) is 11.7 Å². The number of Topliss-reactive ketones (excluding diaryl/α,β-unsaturated/α-hetero) is 1. The van der Waals surface area contributed by atoms with Crippen LogP contribution in [0.1, 0.15) is 44.4 Å². The van der Waals surface area contributed by atoms with Crippen molar-refractivity contribution in [3.05, 3.63) is 59.2 Å². The predicted octanol–water partition coefficient (Wildman–Crippen LogP) is 4.25. The summed E-state index contributed by atoms with van der Waals surface area (Å²) in [7, 11) is 5.34. The zero-order valence-electron chi connectivity index (χ0n) is 21.9. The molecule has 0 unspecified atom stereocenters. The third-order valence-electron chi connectivity index (χ3n) is 5.79. The second kappa shape index (κ2) is 11.9. The van der Waals surface area contributed by atoms with Gasteiger partial charge in [0.05, 0.1) is 31.4 Å². The summed E-state index contributed by atoms with van der Waals surface area (Å²) in [6, 6.07) is 11.4. The van der Waals surface area contributed by atoms with E-state index in [-0.39, 0.29) is 17.4 Å². The van der Waals surface area contributed by atoms with Crippen LogP contribution in [0, 0.1) is 0 Å². The summed E-state index contributed by atoms with van der Waals surface area (Å²) >= 11 is 0. The van der Waals surface area contributed by atoms with Gasteiger partial charge in [-0.25, -0.2) is 0 Å². The number of hydrogen-bond acceptors (Lipinski definition) is 7. The maximum atomic E-state index is 13.2. The van der Waals surface area contributed by atoms with E-state index in [1.54, 1.807) is 49.6 Å². The number of aliphatic hydroxyl groups excluding tert-OH is 1. The van der Waals surface area contributed by atoms with Crippen molar-refractivity contribution in [1.82, 2.24) is 9.80 Å². The van der Waals surface area contributed by atoms with Crippen molar-refractivity contribution >= 4 is 17.4 Å². The second-order valence-corrected chi connectivity index (χ2v) is 9.25. The van der Waals surface area contributed by atoms with Crippen LogP contribution in [0.3, 0.4) is 0 Å². The minimum absolute atomic E-state index is 0.00530. The van der Waals surface area contributed by atoms with Crippen molar-refractivity contribution in [2.45, 2.75) is 39.3 Å². The van der Waals surface area contributed by atoms with Crippen molar-refractivity contribution in [3.63, 3.8) is 0 Å². The topological polar surface area (TPSA) is 88.5 Å². The Bertz CT molecular complexity index is 1110. The summed E-state index contributed by atoms with van der Waals surface area (Å²) in [5, 5.41) is 11.3. The number of likely N-dealkylation sites (N-methyl/N-ethyl adjacent to an activating group) is 1. The van der Waals surface area contributed by atoms with Gasteiger partial charge in [0.2, 0.25) is 0 Å². The number of benzene rings is 2. The van der Waals surface area contributed by atoms with Crippen LogP contribution in [-0.4, -0.2) is 73.6 Å². The standard InChI is InChI=1S/C28H36N2O6/c1-7-16-35-22-13-10-20(17-23(22)34-6)25-24(27(32)28(33)30(25)15-14-29(4)5)26(31)19-8-11-21(12-9-19)36-18(2)3/h8-13,17-18,25,31H,7,14-16H2,1-6H3/t25-/m0/s1. The molecule has 8 heteroatoms. The molecule has 1 aliphatic heterocycles. The molecule has 2 aromatic carbocycles. The van der Waals surface area contributed by atoms with Gasteiger partial charge in [-0.2, -0.15) is 0 Å². The zero-order chi connectivity index (χ0) is 26.4. The smallest absolute Gasteiger partial charge is 0.295 e. The Hall–Kier alpha value is -3.52. The second-order valence-electron chi connectivity index (χ2n) is 9.25. The van der Waals surface area contributed by atoms with Crippen LogP contribution in [0.2, 0.25) is 0 Å². The van der Waals surface area contributed by atoms with Crippen LogP contribution in [0.25, 0.3) is 5.76 Å². The average Bonchev–Trinajstić information content (AvgIpc) is 3.10. The van der Waals surface area contributed by atoms with E-state index >= 15 is 0 Å². The number of carbonyl (C=O) groups excluding carboxylic acids is 2. The lowest BCUT2D eigenvalue weighted by atomic mass is 9.95. The largest absolute Gasteiger partial charge is 0.507 e. The van der Waals surface area contributed by atoms with E-state index in [1.807, 2.05) is 39.8 Å². The number of rotatable bonds is 11. The first-order valence-corrected chi connectivity index (χ1v) is 12.2. The Morgan fingerprint density at radius 1 is 1.08 bits per heavy atom. The molecule has 194 valence electrons. The lowest BCUT2D eigenvalue weighted by Gasteiger charge is -2.27. The first kappa shape index (κ1) is 27.1. The Kier molecular flexibility index (Phi) is 8.98. The minimum Gasteiger partial charge on any atom is -0.507 e. The molecule has 0 aliphatic carbocycles. The van der Waals surface area contributed by atoms with E-state index < -0.39 is 17.7 Å². The minimum atomic E-state index is -0.773. The van der Waals surface area contributed by atoms with Crippen molar-refractivity contribution in [2.75, 3.05) is 40.9 Å². The molecular weight excluding hydrogens is 460 g/mol. The predicted molar refractivity (Wildman–Crippen MR) is 139 cm³/mol. The zero-order valence-corrected chi connectivity index (χ0v) is 21.9. The van der Waals surface area contributed by atoms with Crippen LogP contribution < -0.4 is 14.2 Å². The van der Waals surface area contributed by atoms with E-state index in [0.717, 1.165) is 6.42 Å². The molecule has 1 aliphatic rings. The van der Waals surface area contributed by atoms with E-state index in [9.17, 15) is 14.7 Å². The average molecular weight is 497 g/mol. The van der Waals surface area contributed by atoms with Gasteiger partial charge < -0.3 is 29.1 Å². The molecule has 0 aromatic heterocycles. The normalized spacial score (nSPS) is 17.2. The fourth-order valence-corrected chi connectivity index (χ4v) is 4.07. The summed E-state index contributed by atoms with van der Waals surface area (Å²) in [6.07, 6.45) is 0.849. The number of likely N-dealkylation sites (tertiary alicyclic amines) is 1. The third-order valence-corrected chi connectivity index (χ3v) is 5.79. The molecule has 0 saturated carbocycles. The lowest BCUT2D eigenvalue weighted by molar-refractivity contribution is -0.140. The fraction of sp³-hybridized carbons (Fsp3) is 0.429. The molecule has 1 atom stereocenters. The first-order valence-electron chi connectivity index (χ1n) is 12.2. The van der Waals surface area contributed by atoms with Crippen LogP contribution in [0.15, 0.2) is 48.0 Å². The highest BCUT2D eigenvalue weighted by molar-refractivity contribution is 6.46. The Morgan fingerprint density at radius 3 is 2.36 bits per heavy atom. The van der Waals surface area contributed by atoms with Crippen molar-refractivity contribution in [3.8, 4) is 17.2 Å². The summed E-state index contributed by atoms with van der Waals surface area (Å²) in [4.78, 5) is 29.8. The first-order chi connectivity index (χ1) is 17.2. The number of methoxy groups -OCH3 is 1. The molecule has 1 N–H and O–H groups in total. The summed E-state index contributed by atoms with van der Waals surface area (Å²) in [6.45, 7) is 7.27. The molecule has 1 fully saturated rings. The van der Waals surface area contributed by atoms with Crippen molar-refractivity contribution in [1.29, 1.82) is 0 Å². The van der Waals surface area contributed by atoms with Crippen molar-refractivity contribution < 1.29 is 28.9 Å². The van der Waals surface area contributed by atoms with E-state index in [2.05, 4.69) is 0 Å². The molecule has 0 bridgehead atoms. The van der Waals surface area contributed by atoms with Gasteiger partial charge in [-0.05, 0) is 76.3 Å². The molecular formula is C28H36N2O6. The van der Waals surface area contributed by atoms with E-state index in [4.69, 9.17) is 14.2 Å². The van der Waals surface area contributed by atoms with Gasteiger partial charge >= 0.3 is 0 Å². The Balaban J connectivity index is 2.10. The van der Waals surface area contributed by atoms with Crippen LogP contribution in [0.5, 0.6) is 17.2 Å². The summed E-state index contributed by atoms with van der Waals surface area (Å²) in [5.41, 5.74) is 1.12. The molecule has 3 rings (SSSR count). The van der Waals surface area contributed by atoms with Crippen LogP contribution in [0.4, 0.5) is 0 Å². The summed E-state index contributed by atoms with van der Waals surface area (Å²) in [5.74, 6) is 0.130.